The zero-order valence-corrected chi connectivity index (χ0v) is 15.4. The fourth-order valence-corrected chi connectivity index (χ4v) is 7.04. The van der Waals surface area contributed by atoms with Gasteiger partial charge in [-0.05, 0) is 44.1 Å². The molecule has 0 unspecified atom stereocenters. The van der Waals surface area contributed by atoms with Crippen LogP contribution in [0, 0.1) is 5.92 Å². The normalized spacial score (nSPS) is 35.7. The zero-order valence-electron chi connectivity index (χ0n) is 14.4. The van der Waals surface area contributed by atoms with E-state index in [0.717, 1.165) is 18.0 Å². The second-order valence-corrected chi connectivity index (χ2v) is 12.1. The molecule has 3 heterocycles. The van der Waals surface area contributed by atoms with E-state index in [2.05, 4.69) is 13.1 Å². The largest absolute Gasteiger partial charge is 0.415 e. The average molecular weight is 344 g/mol. The zero-order chi connectivity index (χ0) is 17.1. The molecule has 0 N–H and O–H groups in total. The molecule has 3 aliphatic heterocycles. The third-order valence-corrected chi connectivity index (χ3v) is 8.25. The standard InChI is InChI=1S/C18H24N2O3Si/c1-19-14-9-13-11-24(2,3)23-10-15(12-7-5-4-6-8-12)20(17(14)21)18(22)16(13)19/h4-8,13-16H,9-11H2,1-3H3/t13-,14-,15+,16-/m1/s1. The maximum Gasteiger partial charge on any atom is 0.247 e. The first kappa shape index (κ1) is 16.0. The van der Waals surface area contributed by atoms with Crippen LogP contribution in [0.1, 0.15) is 18.0 Å². The van der Waals surface area contributed by atoms with Crippen LogP contribution in [0.3, 0.4) is 0 Å². The van der Waals surface area contributed by atoms with Crippen molar-refractivity contribution in [1.82, 2.24) is 9.80 Å². The lowest BCUT2D eigenvalue weighted by Gasteiger charge is -2.40. The molecule has 3 saturated heterocycles. The third-order valence-electron chi connectivity index (χ3n) is 5.80. The van der Waals surface area contributed by atoms with E-state index in [9.17, 15) is 9.59 Å². The van der Waals surface area contributed by atoms with Crippen molar-refractivity contribution >= 4 is 20.1 Å². The summed E-state index contributed by atoms with van der Waals surface area (Å²) in [6.07, 6.45) is 0.781. The highest BCUT2D eigenvalue weighted by atomic mass is 28.4. The lowest BCUT2D eigenvalue weighted by atomic mass is 10.0. The fraction of sp³-hybridized carbons (Fsp3) is 0.556. The maximum absolute atomic E-state index is 13.2. The predicted octanol–water partition coefficient (Wildman–Crippen LogP) is 2.02. The van der Waals surface area contributed by atoms with Gasteiger partial charge in [-0.1, -0.05) is 30.3 Å². The van der Waals surface area contributed by atoms with Crippen LogP contribution in [0.15, 0.2) is 30.3 Å². The molecule has 3 bridgehead atoms. The molecule has 4 rings (SSSR count). The average Bonchev–Trinajstić information content (AvgIpc) is 2.81. The first-order valence-electron chi connectivity index (χ1n) is 8.67. The molecule has 128 valence electrons. The number of amides is 2. The van der Waals surface area contributed by atoms with Crippen molar-refractivity contribution in [3.8, 4) is 0 Å². The highest BCUT2D eigenvalue weighted by Crippen LogP contribution is 2.43. The monoisotopic (exact) mass is 344 g/mol. The minimum atomic E-state index is -1.87. The topological polar surface area (TPSA) is 49.9 Å². The van der Waals surface area contributed by atoms with Gasteiger partial charge < -0.3 is 4.43 Å². The molecule has 0 radical (unpaired) electrons. The molecule has 4 atom stereocenters. The van der Waals surface area contributed by atoms with E-state index in [4.69, 9.17) is 4.43 Å². The van der Waals surface area contributed by atoms with Crippen LogP contribution >= 0.6 is 0 Å². The SMILES string of the molecule is CN1[C@@H]2C[C@@H]3C[Si](C)(C)OC[C@@H](c4ccccc4)N(C2=O)C(=O)[C@@H]31. The van der Waals surface area contributed by atoms with Gasteiger partial charge in [-0.2, -0.15) is 0 Å². The van der Waals surface area contributed by atoms with Crippen molar-refractivity contribution in [3.05, 3.63) is 35.9 Å². The molecule has 6 heteroatoms. The number of likely N-dealkylation sites (N-methyl/N-ethyl adjacent to an activating group) is 1. The Balaban J connectivity index is 1.82. The van der Waals surface area contributed by atoms with Crippen molar-refractivity contribution in [2.24, 2.45) is 5.92 Å². The molecule has 2 amide bonds. The molecule has 0 aliphatic carbocycles. The number of hydrogen-bond acceptors (Lipinski definition) is 4. The number of nitrogens with zero attached hydrogens (tertiary/aromatic N) is 2. The predicted molar refractivity (Wildman–Crippen MR) is 92.7 cm³/mol. The number of rotatable bonds is 1. The van der Waals surface area contributed by atoms with Crippen LogP contribution in [-0.2, 0) is 14.0 Å². The quantitative estimate of drug-likeness (QED) is 0.578. The Hall–Kier alpha value is -1.50. The van der Waals surface area contributed by atoms with Crippen molar-refractivity contribution in [2.75, 3.05) is 13.7 Å². The van der Waals surface area contributed by atoms with Crippen molar-refractivity contribution in [2.45, 2.75) is 43.7 Å². The number of carbonyl (C=O) groups excluding carboxylic acids is 2. The van der Waals surface area contributed by atoms with Gasteiger partial charge in [0, 0.05) is 0 Å². The number of fused-ring (bicyclic) bond motifs is 2. The van der Waals surface area contributed by atoms with Gasteiger partial charge in [0.25, 0.3) is 0 Å². The van der Waals surface area contributed by atoms with E-state index < -0.39 is 8.32 Å². The van der Waals surface area contributed by atoms with Crippen LogP contribution in [0.4, 0.5) is 0 Å². The van der Waals surface area contributed by atoms with E-state index in [-0.39, 0.29) is 35.9 Å². The van der Waals surface area contributed by atoms with Crippen molar-refractivity contribution in [3.63, 3.8) is 0 Å². The van der Waals surface area contributed by atoms with E-state index in [0.29, 0.717) is 6.61 Å². The van der Waals surface area contributed by atoms with E-state index in [1.807, 2.05) is 42.3 Å². The molecular formula is C18H24N2O3Si. The number of hydrogen-bond donors (Lipinski definition) is 0. The summed E-state index contributed by atoms with van der Waals surface area (Å²) in [6, 6.07) is 10.1. The smallest absolute Gasteiger partial charge is 0.247 e. The van der Waals surface area contributed by atoms with Gasteiger partial charge in [0.2, 0.25) is 11.8 Å². The Morgan fingerprint density at radius 3 is 2.50 bits per heavy atom. The number of benzene rings is 1. The Morgan fingerprint density at radius 1 is 1.08 bits per heavy atom. The van der Waals surface area contributed by atoms with Gasteiger partial charge in [-0.15, -0.1) is 0 Å². The summed E-state index contributed by atoms with van der Waals surface area (Å²) in [5.41, 5.74) is 0.978. The van der Waals surface area contributed by atoms with Crippen LogP contribution < -0.4 is 0 Å². The van der Waals surface area contributed by atoms with E-state index >= 15 is 0 Å². The first-order chi connectivity index (χ1) is 11.4. The molecule has 0 aromatic heterocycles. The van der Waals surface area contributed by atoms with Crippen LogP contribution in [0.2, 0.25) is 19.1 Å². The molecule has 1 aromatic carbocycles. The molecule has 3 aliphatic rings. The summed E-state index contributed by atoms with van der Waals surface area (Å²) in [4.78, 5) is 29.8. The number of carbonyl (C=O) groups is 2. The van der Waals surface area contributed by atoms with Crippen LogP contribution in [0.25, 0.3) is 0 Å². The second kappa shape index (κ2) is 5.51. The molecule has 0 saturated carbocycles. The summed E-state index contributed by atoms with van der Waals surface area (Å²) in [5.74, 6) is 0.142. The second-order valence-electron chi connectivity index (χ2n) is 7.87. The summed E-state index contributed by atoms with van der Waals surface area (Å²) in [5, 5.41) is 0. The van der Waals surface area contributed by atoms with Crippen molar-refractivity contribution < 1.29 is 14.0 Å². The minimum Gasteiger partial charge on any atom is -0.415 e. The maximum atomic E-state index is 13.2. The molecule has 3 fully saturated rings. The highest BCUT2D eigenvalue weighted by molar-refractivity contribution is 6.71. The number of piperazine rings is 1. The Morgan fingerprint density at radius 2 is 1.79 bits per heavy atom. The fourth-order valence-electron chi connectivity index (χ4n) is 4.66. The Labute approximate surface area is 143 Å². The molecule has 1 aromatic rings. The van der Waals surface area contributed by atoms with Crippen LogP contribution in [-0.4, -0.2) is 55.7 Å². The third kappa shape index (κ3) is 2.36. The Kier molecular flexibility index (Phi) is 3.67. The van der Waals surface area contributed by atoms with Gasteiger partial charge in [0.1, 0.15) is 0 Å². The van der Waals surface area contributed by atoms with Gasteiger partial charge in [0.05, 0.1) is 24.7 Å². The van der Waals surface area contributed by atoms with E-state index in [1.165, 1.54) is 4.90 Å². The van der Waals surface area contributed by atoms with Gasteiger partial charge >= 0.3 is 0 Å². The van der Waals surface area contributed by atoms with Crippen molar-refractivity contribution in [1.29, 1.82) is 0 Å². The van der Waals surface area contributed by atoms with Gasteiger partial charge in [-0.3, -0.25) is 19.4 Å². The van der Waals surface area contributed by atoms with Gasteiger partial charge in [0.15, 0.2) is 8.32 Å². The Bertz CT molecular complexity index is 678. The number of imide groups is 1. The van der Waals surface area contributed by atoms with E-state index in [1.54, 1.807) is 0 Å². The highest BCUT2D eigenvalue weighted by Gasteiger charge is 2.57. The van der Waals surface area contributed by atoms with Gasteiger partial charge in [-0.25, -0.2) is 0 Å². The molecule has 0 spiro atoms. The first-order valence-corrected chi connectivity index (χ1v) is 11.8. The minimum absolute atomic E-state index is 0.0367. The molecule has 24 heavy (non-hydrogen) atoms. The van der Waals surface area contributed by atoms with Crippen LogP contribution in [0.5, 0.6) is 0 Å². The summed E-state index contributed by atoms with van der Waals surface area (Å²) in [6.45, 7) is 4.86. The summed E-state index contributed by atoms with van der Waals surface area (Å²) in [7, 11) is 0.0510. The summed E-state index contributed by atoms with van der Waals surface area (Å²) >= 11 is 0. The lowest BCUT2D eigenvalue weighted by molar-refractivity contribution is -0.160. The lowest BCUT2D eigenvalue weighted by Crippen LogP contribution is -2.60. The molecular weight excluding hydrogens is 320 g/mol. The summed E-state index contributed by atoms with van der Waals surface area (Å²) < 4.78 is 6.33. The molecule has 5 nitrogen and oxygen atoms in total.